The van der Waals surface area contributed by atoms with Crippen molar-refractivity contribution in [1.82, 2.24) is 4.98 Å². The van der Waals surface area contributed by atoms with E-state index in [1.54, 1.807) is 14.2 Å². The summed E-state index contributed by atoms with van der Waals surface area (Å²) in [6.45, 7) is 0.713. The van der Waals surface area contributed by atoms with Gasteiger partial charge in [0.15, 0.2) is 16.6 Å². The molecule has 0 aliphatic heterocycles. The highest BCUT2D eigenvalue weighted by atomic mass is 32.1. The van der Waals surface area contributed by atoms with Gasteiger partial charge in [0.25, 0.3) is 0 Å². The van der Waals surface area contributed by atoms with Gasteiger partial charge in [0, 0.05) is 17.4 Å². The van der Waals surface area contributed by atoms with Crippen LogP contribution in [0.15, 0.2) is 23.6 Å². The number of hydrogen-bond acceptors (Lipinski definition) is 6. The summed E-state index contributed by atoms with van der Waals surface area (Å²) < 4.78 is 10.6. The molecular formula is C18H25N3O3S. The van der Waals surface area contributed by atoms with E-state index < -0.39 is 0 Å². The van der Waals surface area contributed by atoms with E-state index in [2.05, 4.69) is 10.3 Å². The molecule has 136 valence electrons. The van der Waals surface area contributed by atoms with E-state index in [-0.39, 0.29) is 5.91 Å². The molecule has 1 aromatic heterocycles. The number of carbonyl (C=O) groups is 1. The molecule has 0 unspecified atom stereocenters. The van der Waals surface area contributed by atoms with E-state index in [1.807, 2.05) is 23.6 Å². The van der Waals surface area contributed by atoms with Crippen LogP contribution in [-0.4, -0.2) is 31.7 Å². The lowest BCUT2D eigenvalue weighted by Gasteiger charge is -2.08. The number of ether oxygens (including phenoxy) is 2. The van der Waals surface area contributed by atoms with Crippen LogP contribution in [-0.2, 0) is 4.79 Å². The van der Waals surface area contributed by atoms with Gasteiger partial charge < -0.3 is 20.5 Å². The highest BCUT2D eigenvalue weighted by Crippen LogP contribution is 2.33. The molecule has 0 aliphatic carbocycles. The summed E-state index contributed by atoms with van der Waals surface area (Å²) in [7, 11) is 3.20. The first kappa shape index (κ1) is 19.2. The standard InChI is InChI=1S/C18H25N3O3S/c1-23-15-9-8-13(11-16(15)24-2)14-12-25-18(20-14)21-17(22)7-5-3-4-6-10-19/h8-9,11-12H,3-7,10,19H2,1-2H3,(H,20,21,22). The van der Waals surface area contributed by atoms with Gasteiger partial charge in [-0.1, -0.05) is 12.8 Å². The number of thiazole rings is 1. The number of methoxy groups -OCH3 is 2. The van der Waals surface area contributed by atoms with Crippen LogP contribution in [0.3, 0.4) is 0 Å². The van der Waals surface area contributed by atoms with Crippen molar-refractivity contribution in [2.24, 2.45) is 5.73 Å². The van der Waals surface area contributed by atoms with Crippen LogP contribution in [0.4, 0.5) is 5.13 Å². The SMILES string of the molecule is COc1ccc(-c2csc(NC(=O)CCCCCCN)n2)cc1OC. The van der Waals surface area contributed by atoms with E-state index in [1.165, 1.54) is 11.3 Å². The second-order valence-corrected chi connectivity index (χ2v) is 6.47. The fourth-order valence-electron chi connectivity index (χ4n) is 2.42. The zero-order chi connectivity index (χ0) is 18.1. The van der Waals surface area contributed by atoms with E-state index >= 15 is 0 Å². The summed E-state index contributed by atoms with van der Waals surface area (Å²) in [6, 6.07) is 5.63. The Morgan fingerprint density at radius 2 is 1.92 bits per heavy atom. The molecule has 0 radical (unpaired) electrons. The Morgan fingerprint density at radius 1 is 1.16 bits per heavy atom. The molecule has 0 saturated heterocycles. The molecule has 3 N–H and O–H groups in total. The predicted octanol–water partition coefficient (Wildman–Crippen LogP) is 3.68. The number of anilines is 1. The number of benzene rings is 1. The molecule has 0 fully saturated rings. The lowest BCUT2D eigenvalue weighted by molar-refractivity contribution is -0.116. The number of hydrogen-bond donors (Lipinski definition) is 2. The average Bonchev–Trinajstić information content (AvgIpc) is 3.09. The fourth-order valence-corrected chi connectivity index (χ4v) is 3.16. The largest absolute Gasteiger partial charge is 0.493 e. The van der Waals surface area contributed by atoms with Crippen LogP contribution in [0, 0.1) is 0 Å². The molecule has 0 atom stereocenters. The minimum Gasteiger partial charge on any atom is -0.493 e. The summed E-state index contributed by atoms with van der Waals surface area (Å²) in [6.07, 6.45) is 4.50. The van der Waals surface area contributed by atoms with Crippen LogP contribution in [0.5, 0.6) is 11.5 Å². The van der Waals surface area contributed by atoms with Gasteiger partial charge in [0.2, 0.25) is 5.91 Å². The Labute approximate surface area is 152 Å². The first-order chi connectivity index (χ1) is 12.2. The third-order valence-electron chi connectivity index (χ3n) is 3.79. The molecule has 7 heteroatoms. The molecule has 1 aromatic carbocycles. The molecule has 6 nitrogen and oxygen atoms in total. The number of nitrogens with zero attached hydrogens (tertiary/aromatic N) is 1. The Balaban J connectivity index is 1.92. The molecule has 1 heterocycles. The van der Waals surface area contributed by atoms with Crippen LogP contribution in [0.25, 0.3) is 11.3 Å². The Hall–Kier alpha value is -2.12. The molecule has 2 aromatic rings. The normalized spacial score (nSPS) is 10.5. The third-order valence-corrected chi connectivity index (χ3v) is 4.55. The number of nitrogens with two attached hydrogens (primary N) is 1. The molecule has 2 rings (SSSR count). The topological polar surface area (TPSA) is 86.5 Å². The summed E-state index contributed by atoms with van der Waals surface area (Å²) >= 11 is 1.41. The van der Waals surface area contributed by atoms with Crippen molar-refractivity contribution < 1.29 is 14.3 Å². The number of amides is 1. The van der Waals surface area contributed by atoms with Gasteiger partial charge in [-0.25, -0.2) is 4.98 Å². The summed E-state index contributed by atoms with van der Waals surface area (Å²) in [5, 5.41) is 5.38. The first-order valence-corrected chi connectivity index (χ1v) is 9.23. The first-order valence-electron chi connectivity index (χ1n) is 8.35. The average molecular weight is 363 g/mol. The van der Waals surface area contributed by atoms with Crippen LogP contribution in [0.2, 0.25) is 0 Å². The summed E-state index contributed by atoms with van der Waals surface area (Å²) in [5.41, 5.74) is 7.17. The highest BCUT2D eigenvalue weighted by molar-refractivity contribution is 7.14. The van der Waals surface area contributed by atoms with Crippen molar-refractivity contribution in [3.63, 3.8) is 0 Å². The van der Waals surface area contributed by atoms with Crippen molar-refractivity contribution >= 4 is 22.4 Å². The highest BCUT2D eigenvalue weighted by Gasteiger charge is 2.11. The number of rotatable bonds is 10. The zero-order valence-corrected chi connectivity index (χ0v) is 15.5. The van der Waals surface area contributed by atoms with Gasteiger partial charge in [0.05, 0.1) is 19.9 Å². The molecule has 0 bridgehead atoms. The van der Waals surface area contributed by atoms with E-state index in [4.69, 9.17) is 15.2 Å². The number of nitrogens with one attached hydrogen (secondary N) is 1. The van der Waals surface area contributed by atoms with Gasteiger partial charge in [-0.05, 0) is 37.6 Å². The van der Waals surface area contributed by atoms with Crippen LogP contribution in [0.1, 0.15) is 32.1 Å². The zero-order valence-electron chi connectivity index (χ0n) is 14.7. The van der Waals surface area contributed by atoms with Crippen molar-refractivity contribution in [1.29, 1.82) is 0 Å². The maximum absolute atomic E-state index is 12.0. The number of aromatic nitrogens is 1. The van der Waals surface area contributed by atoms with Gasteiger partial charge in [-0.15, -0.1) is 11.3 Å². The molecule has 25 heavy (non-hydrogen) atoms. The smallest absolute Gasteiger partial charge is 0.226 e. The Morgan fingerprint density at radius 3 is 2.64 bits per heavy atom. The maximum Gasteiger partial charge on any atom is 0.226 e. The molecule has 0 spiro atoms. The third kappa shape index (κ3) is 5.72. The minimum absolute atomic E-state index is 0.000889. The number of carbonyl (C=O) groups excluding carboxylic acids is 1. The summed E-state index contributed by atoms with van der Waals surface area (Å²) in [4.78, 5) is 16.5. The van der Waals surface area contributed by atoms with Gasteiger partial charge in [-0.2, -0.15) is 0 Å². The molecule has 0 saturated carbocycles. The molecule has 1 amide bonds. The van der Waals surface area contributed by atoms with E-state index in [0.717, 1.165) is 36.9 Å². The van der Waals surface area contributed by atoms with Crippen LogP contribution >= 0.6 is 11.3 Å². The fraction of sp³-hybridized carbons (Fsp3) is 0.444. The van der Waals surface area contributed by atoms with Crippen molar-refractivity contribution in [2.45, 2.75) is 32.1 Å². The second kappa shape index (κ2) is 10.0. The predicted molar refractivity (Wildman–Crippen MR) is 101 cm³/mol. The van der Waals surface area contributed by atoms with E-state index in [9.17, 15) is 4.79 Å². The van der Waals surface area contributed by atoms with Gasteiger partial charge >= 0.3 is 0 Å². The lowest BCUT2D eigenvalue weighted by Crippen LogP contribution is -2.10. The lowest BCUT2D eigenvalue weighted by atomic mass is 10.1. The number of unbranched alkanes of at least 4 members (excludes halogenated alkanes) is 3. The Bertz CT molecular complexity index is 688. The molecular weight excluding hydrogens is 338 g/mol. The van der Waals surface area contributed by atoms with Crippen LogP contribution < -0.4 is 20.5 Å². The van der Waals surface area contributed by atoms with E-state index in [0.29, 0.717) is 29.6 Å². The summed E-state index contributed by atoms with van der Waals surface area (Å²) in [5.74, 6) is 1.32. The molecule has 0 aliphatic rings. The second-order valence-electron chi connectivity index (χ2n) is 5.61. The monoisotopic (exact) mass is 363 g/mol. The van der Waals surface area contributed by atoms with Crippen molar-refractivity contribution in [3.8, 4) is 22.8 Å². The quantitative estimate of drug-likeness (QED) is 0.629. The van der Waals surface area contributed by atoms with Crippen molar-refractivity contribution in [2.75, 3.05) is 26.1 Å². The van der Waals surface area contributed by atoms with Crippen molar-refractivity contribution in [3.05, 3.63) is 23.6 Å². The van der Waals surface area contributed by atoms with Gasteiger partial charge in [0.1, 0.15) is 0 Å². The maximum atomic E-state index is 12.0. The Kier molecular flexibility index (Phi) is 7.69. The van der Waals surface area contributed by atoms with Gasteiger partial charge in [-0.3, -0.25) is 4.79 Å². The minimum atomic E-state index is 0.000889.